The number of hydrogen-bond acceptors (Lipinski definition) is 3. The quantitative estimate of drug-likeness (QED) is 0.877. The molecular weight excluding hydrogens is 250 g/mol. The van der Waals surface area contributed by atoms with Crippen molar-refractivity contribution in [2.45, 2.75) is 53.2 Å². The first kappa shape index (κ1) is 14.8. The molecule has 0 atom stereocenters. The van der Waals surface area contributed by atoms with E-state index in [2.05, 4.69) is 54.1 Å². The summed E-state index contributed by atoms with van der Waals surface area (Å²) in [5, 5.41) is 12.3. The lowest BCUT2D eigenvalue weighted by molar-refractivity contribution is 0.578. The summed E-state index contributed by atoms with van der Waals surface area (Å²) in [5.74, 6) is 0. The molecule has 0 saturated heterocycles. The van der Waals surface area contributed by atoms with Crippen molar-refractivity contribution in [3.05, 3.63) is 34.9 Å². The largest absolute Gasteiger partial charge is 0.310 e. The van der Waals surface area contributed by atoms with E-state index < -0.39 is 0 Å². The maximum absolute atomic E-state index is 4.66. The molecule has 0 saturated carbocycles. The number of nitrogens with one attached hydrogen (secondary N) is 1. The Bertz CT molecular complexity index is 565. The monoisotopic (exact) mass is 275 g/mol. The molecule has 5 nitrogen and oxygen atoms in total. The van der Waals surface area contributed by atoms with E-state index in [-0.39, 0.29) is 0 Å². The molecule has 20 heavy (non-hydrogen) atoms. The van der Waals surface area contributed by atoms with Gasteiger partial charge in [0.1, 0.15) is 0 Å². The maximum Gasteiger partial charge on any atom is 0.0641 e. The van der Waals surface area contributed by atoms with Crippen LogP contribution in [-0.2, 0) is 26.6 Å². The van der Waals surface area contributed by atoms with Crippen LogP contribution in [0.1, 0.15) is 36.4 Å². The van der Waals surface area contributed by atoms with Crippen LogP contribution >= 0.6 is 0 Å². The van der Waals surface area contributed by atoms with E-state index in [1.165, 1.54) is 16.8 Å². The van der Waals surface area contributed by atoms with Crippen molar-refractivity contribution >= 4 is 0 Å². The van der Waals surface area contributed by atoms with Crippen molar-refractivity contribution in [3.8, 4) is 0 Å². The molecule has 0 bridgehead atoms. The van der Waals surface area contributed by atoms with Crippen molar-refractivity contribution in [2.24, 2.45) is 7.05 Å². The zero-order valence-corrected chi connectivity index (χ0v) is 13.1. The second-order valence-electron chi connectivity index (χ2n) is 5.68. The molecule has 2 rings (SSSR count). The summed E-state index contributed by atoms with van der Waals surface area (Å²) in [6.45, 7) is 10.4. The van der Waals surface area contributed by atoms with Crippen LogP contribution in [0, 0.1) is 13.8 Å². The molecule has 2 aromatic rings. The summed E-state index contributed by atoms with van der Waals surface area (Å²) < 4.78 is 3.95. The minimum atomic E-state index is 0.493. The zero-order valence-electron chi connectivity index (χ0n) is 13.1. The van der Waals surface area contributed by atoms with Gasteiger partial charge in [-0.25, -0.2) is 0 Å². The van der Waals surface area contributed by atoms with E-state index >= 15 is 0 Å². The molecule has 0 amide bonds. The molecular formula is C15H25N5. The Morgan fingerprint density at radius 3 is 2.65 bits per heavy atom. The van der Waals surface area contributed by atoms with E-state index in [1.54, 1.807) is 0 Å². The molecule has 0 spiro atoms. The number of rotatable bonds is 6. The van der Waals surface area contributed by atoms with Crippen LogP contribution in [-0.4, -0.2) is 25.6 Å². The molecule has 0 aliphatic heterocycles. The van der Waals surface area contributed by atoms with Gasteiger partial charge in [0.2, 0.25) is 0 Å². The molecule has 0 unspecified atom stereocenters. The smallest absolute Gasteiger partial charge is 0.0641 e. The normalized spacial score (nSPS) is 11.5. The van der Waals surface area contributed by atoms with Crippen LogP contribution in [0.4, 0.5) is 0 Å². The fraction of sp³-hybridized carbons (Fsp3) is 0.600. The van der Waals surface area contributed by atoms with Gasteiger partial charge in [-0.3, -0.25) is 9.36 Å². The van der Waals surface area contributed by atoms with Gasteiger partial charge in [-0.2, -0.15) is 10.2 Å². The highest BCUT2D eigenvalue weighted by molar-refractivity contribution is 5.24. The summed E-state index contributed by atoms with van der Waals surface area (Å²) in [5.41, 5.74) is 4.97. The van der Waals surface area contributed by atoms with Gasteiger partial charge in [-0.05, 0) is 25.8 Å². The molecule has 0 aliphatic carbocycles. The third-order valence-electron chi connectivity index (χ3n) is 3.59. The van der Waals surface area contributed by atoms with E-state index in [4.69, 9.17) is 0 Å². The first-order valence-corrected chi connectivity index (χ1v) is 7.21. The van der Waals surface area contributed by atoms with Gasteiger partial charge >= 0.3 is 0 Å². The number of aryl methyl sites for hydroxylation is 4. The third-order valence-corrected chi connectivity index (χ3v) is 3.59. The molecule has 0 radical (unpaired) electrons. The van der Waals surface area contributed by atoms with Gasteiger partial charge in [0.25, 0.3) is 0 Å². The summed E-state index contributed by atoms with van der Waals surface area (Å²) in [6.07, 6.45) is 4.95. The third kappa shape index (κ3) is 3.48. The van der Waals surface area contributed by atoms with E-state index in [0.29, 0.717) is 6.04 Å². The summed E-state index contributed by atoms with van der Waals surface area (Å²) in [7, 11) is 1.95. The Labute approximate surface area is 121 Å². The molecule has 5 heteroatoms. The Morgan fingerprint density at radius 2 is 2.05 bits per heavy atom. The molecule has 0 fully saturated rings. The van der Waals surface area contributed by atoms with Gasteiger partial charge in [-0.15, -0.1) is 0 Å². The summed E-state index contributed by atoms with van der Waals surface area (Å²) in [6, 6.07) is 0.493. The predicted molar refractivity (Wildman–Crippen MR) is 80.6 cm³/mol. The first-order chi connectivity index (χ1) is 9.47. The van der Waals surface area contributed by atoms with Gasteiger partial charge in [-0.1, -0.05) is 13.8 Å². The lowest BCUT2D eigenvalue weighted by atomic mass is 10.2. The lowest BCUT2D eigenvalue weighted by Gasteiger charge is -2.09. The van der Waals surface area contributed by atoms with Crippen LogP contribution in [0.15, 0.2) is 12.4 Å². The number of nitrogens with zero attached hydrogens (tertiary/aromatic N) is 4. The lowest BCUT2D eigenvalue weighted by Crippen LogP contribution is -2.22. The molecule has 0 aliphatic rings. The summed E-state index contributed by atoms with van der Waals surface area (Å²) in [4.78, 5) is 0. The van der Waals surface area contributed by atoms with Crippen LogP contribution in [0.3, 0.4) is 0 Å². The SMILES string of the molecule is Cc1nn(CCc2cnn(C)c2)c(C)c1CNC(C)C. The van der Waals surface area contributed by atoms with Gasteiger partial charge in [0.05, 0.1) is 11.9 Å². The van der Waals surface area contributed by atoms with Crippen LogP contribution in [0.5, 0.6) is 0 Å². The van der Waals surface area contributed by atoms with Gasteiger partial charge in [0, 0.05) is 43.6 Å². The Balaban J connectivity index is 2.03. The second-order valence-corrected chi connectivity index (χ2v) is 5.68. The van der Waals surface area contributed by atoms with Crippen molar-refractivity contribution in [1.29, 1.82) is 0 Å². The maximum atomic E-state index is 4.66. The van der Waals surface area contributed by atoms with Crippen molar-refractivity contribution < 1.29 is 0 Å². The zero-order chi connectivity index (χ0) is 14.7. The highest BCUT2D eigenvalue weighted by atomic mass is 15.3. The summed E-state index contributed by atoms with van der Waals surface area (Å²) >= 11 is 0. The molecule has 110 valence electrons. The first-order valence-electron chi connectivity index (χ1n) is 7.21. The average molecular weight is 275 g/mol. The van der Waals surface area contributed by atoms with Crippen molar-refractivity contribution in [1.82, 2.24) is 24.9 Å². The highest BCUT2D eigenvalue weighted by Crippen LogP contribution is 2.14. The van der Waals surface area contributed by atoms with E-state index in [0.717, 1.165) is 25.2 Å². The van der Waals surface area contributed by atoms with Crippen LogP contribution in [0.2, 0.25) is 0 Å². The molecule has 2 aromatic heterocycles. The Hall–Kier alpha value is -1.62. The number of hydrogen-bond donors (Lipinski definition) is 1. The Morgan fingerprint density at radius 1 is 1.30 bits per heavy atom. The van der Waals surface area contributed by atoms with Crippen molar-refractivity contribution in [3.63, 3.8) is 0 Å². The highest BCUT2D eigenvalue weighted by Gasteiger charge is 2.11. The minimum absolute atomic E-state index is 0.493. The molecule has 2 heterocycles. The van der Waals surface area contributed by atoms with Crippen LogP contribution in [0.25, 0.3) is 0 Å². The topological polar surface area (TPSA) is 47.7 Å². The van der Waals surface area contributed by atoms with Crippen molar-refractivity contribution in [2.75, 3.05) is 0 Å². The average Bonchev–Trinajstić information content (AvgIpc) is 2.90. The van der Waals surface area contributed by atoms with Gasteiger partial charge < -0.3 is 5.32 Å². The van der Waals surface area contributed by atoms with Gasteiger partial charge in [0.15, 0.2) is 0 Å². The van der Waals surface area contributed by atoms with E-state index in [9.17, 15) is 0 Å². The minimum Gasteiger partial charge on any atom is -0.310 e. The fourth-order valence-electron chi connectivity index (χ4n) is 2.35. The molecule has 1 N–H and O–H groups in total. The molecule has 0 aromatic carbocycles. The fourth-order valence-corrected chi connectivity index (χ4v) is 2.35. The van der Waals surface area contributed by atoms with Crippen LogP contribution < -0.4 is 5.32 Å². The number of aromatic nitrogens is 4. The Kier molecular flexibility index (Phi) is 4.60. The standard InChI is InChI=1S/C15H25N5/c1-11(2)16-9-15-12(3)18-20(13(15)4)7-6-14-8-17-19(5)10-14/h8,10-11,16H,6-7,9H2,1-5H3. The van der Waals surface area contributed by atoms with E-state index in [1.807, 2.05) is 17.9 Å². The predicted octanol–water partition coefficient (Wildman–Crippen LogP) is 1.97. The second kappa shape index (κ2) is 6.22.